The lowest BCUT2D eigenvalue weighted by molar-refractivity contribution is 0.101. The van der Waals surface area contributed by atoms with Crippen LogP contribution in [-0.4, -0.2) is 31.7 Å². The molecule has 0 aliphatic rings. The molecular formula is C21H26O5S2. The van der Waals surface area contributed by atoms with Crippen LogP contribution < -0.4 is 4.74 Å². The smallest absolute Gasteiger partial charge is 0.179 e. The van der Waals surface area contributed by atoms with Crippen molar-refractivity contribution < 1.29 is 23.1 Å². The van der Waals surface area contributed by atoms with Crippen molar-refractivity contribution in [1.29, 1.82) is 0 Å². The number of rotatable bonds is 9. The highest BCUT2D eigenvalue weighted by Crippen LogP contribution is 2.33. The molecular weight excluding hydrogens is 396 g/mol. The van der Waals surface area contributed by atoms with E-state index in [4.69, 9.17) is 4.74 Å². The van der Waals surface area contributed by atoms with Crippen molar-refractivity contribution in [1.82, 2.24) is 0 Å². The van der Waals surface area contributed by atoms with E-state index in [9.17, 15) is 18.3 Å². The fourth-order valence-corrected chi connectivity index (χ4v) is 4.98. The molecule has 0 radical (unpaired) electrons. The summed E-state index contributed by atoms with van der Waals surface area (Å²) < 4.78 is 30.9. The van der Waals surface area contributed by atoms with E-state index in [1.165, 1.54) is 13.0 Å². The highest BCUT2D eigenvalue weighted by Gasteiger charge is 2.19. The van der Waals surface area contributed by atoms with Crippen molar-refractivity contribution in [3.8, 4) is 11.5 Å². The molecule has 1 N–H and O–H groups in total. The molecule has 2 rings (SSSR count). The fraction of sp³-hybridized carbons (Fsp3) is 0.381. The zero-order chi connectivity index (χ0) is 20.9. The third-order valence-corrected chi connectivity index (χ3v) is 7.05. The van der Waals surface area contributed by atoms with Crippen LogP contribution in [0.25, 0.3) is 0 Å². The van der Waals surface area contributed by atoms with Crippen molar-refractivity contribution >= 4 is 28.2 Å². The first-order valence-corrected chi connectivity index (χ1v) is 11.3. The number of aromatic hydroxyl groups is 1. The zero-order valence-corrected chi connectivity index (χ0v) is 18.1. The molecule has 0 aromatic heterocycles. The topological polar surface area (TPSA) is 80.7 Å². The van der Waals surface area contributed by atoms with Gasteiger partial charge in [-0.1, -0.05) is 25.5 Å². The Hall–Kier alpha value is -1.99. The van der Waals surface area contributed by atoms with E-state index in [-0.39, 0.29) is 34.4 Å². The molecule has 0 amide bonds. The number of carbonyl (C=O) groups is 1. The van der Waals surface area contributed by atoms with Crippen LogP contribution in [0.15, 0.2) is 40.1 Å². The number of thiol groups is 1. The summed E-state index contributed by atoms with van der Waals surface area (Å²) in [6, 6.07) is 8.26. The predicted octanol–water partition coefficient (Wildman–Crippen LogP) is 4.39. The predicted molar refractivity (Wildman–Crippen MR) is 113 cm³/mol. The average Bonchev–Trinajstić information content (AvgIpc) is 2.63. The van der Waals surface area contributed by atoms with Crippen molar-refractivity contribution in [3.63, 3.8) is 0 Å². The molecule has 0 aliphatic carbocycles. The fourth-order valence-electron chi connectivity index (χ4n) is 2.95. The van der Waals surface area contributed by atoms with Gasteiger partial charge in [-0.15, -0.1) is 12.6 Å². The zero-order valence-electron chi connectivity index (χ0n) is 16.4. The van der Waals surface area contributed by atoms with E-state index in [2.05, 4.69) is 12.6 Å². The Morgan fingerprint density at radius 2 is 1.93 bits per heavy atom. The molecule has 0 saturated heterocycles. The number of sulfone groups is 1. The minimum absolute atomic E-state index is 0.0565. The molecule has 0 aliphatic heterocycles. The van der Waals surface area contributed by atoms with Gasteiger partial charge in [-0.2, -0.15) is 0 Å². The molecule has 7 heteroatoms. The summed E-state index contributed by atoms with van der Waals surface area (Å²) in [5, 5.41) is 10.4. The van der Waals surface area contributed by atoms with Gasteiger partial charge >= 0.3 is 0 Å². The van der Waals surface area contributed by atoms with Crippen LogP contribution in [0.3, 0.4) is 0 Å². The van der Waals surface area contributed by atoms with Gasteiger partial charge in [-0.25, -0.2) is 8.42 Å². The van der Waals surface area contributed by atoms with Crippen LogP contribution in [-0.2, 0) is 16.3 Å². The molecule has 28 heavy (non-hydrogen) atoms. The molecule has 0 fully saturated rings. The van der Waals surface area contributed by atoms with Gasteiger partial charge in [-0.05, 0) is 50.5 Å². The minimum Gasteiger partial charge on any atom is -0.507 e. The molecule has 0 heterocycles. The summed E-state index contributed by atoms with van der Waals surface area (Å²) in [5.41, 5.74) is 1.65. The summed E-state index contributed by atoms with van der Waals surface area (Å²) in [5.74, 6) is 0.143. The van der Waals surface area contributed by atoms with Crippen LogP contribution in [0.2, 0.25) is 0 Å². The second kappa shape index (κ2) is 9.47. The number of carbonyl (C=O) groups excluding carboxylic acids is 1. The highest BCUT2D eigenvalue weighted by atomic mass is 32.2. The minimum atomic E-state index is -3.46. The first-order chi connectivity index (χ1) is 13.2. The molecule has 0 bridgehead atoms. The van der Waals surface area contributed by atoms with Crippen molar-refractivity contribution in [2.45, 2.75) is 49.8 Å². The van der Waals surface area contributed by atoms with E-state index < -0.39 is 9.84 Å². The van der Waals surface area contributed by atoms with Crippen LogP contribution in [0, 0.1) is 6.92 Å². The number of ether oxygens (including phenoxy) is 1. The summed E-state index contributed by atoms with van der Waals surface area (Å²) in [6.45, 7) is 5.36. The monoisotopic (exact) mass is 422 g/mol. The van der Waals surface area contributed by atoms with E-state index in [0.717, 1.165) is 12.0 Å². The number of benzene rings is 2. The summed E-state index contributed by atoms with van der Waals surface area (Å²) in [6.07, 6.45) is 1.63. The summed E-state index contributed by atoms with van der Waals surface area (Å²) in [7, 11) is -3.46. The second-order valence-corrected chi connectivity index (χ2v) is 9.21. The van der Waals surface area contributed by atoms with Crippen LogP contribution >= 0.6 is 12.6 Å². The Morgan fingerprint density at radius 1 is 1.21 bits per heavy atom. The molecule has 0 spiro atoms. The largest absolute Gasteiger partial charge is 0.507 e. The normalized spacial score (nSPS) is 11.4. The van der Waals surface area contributed by atoms with Gasteiger partial charge < -0.3 is 9.84 Å². The van der Waals surface area contributed by atoms with Gasteiger partial charge in [0.1, 0.15) is 11.5 Å². The van der Waals surface area contributed by atoms with Crippen molar-refractivity contribution in [3.05, 3.63) is 47.0 Å². The van der Waals surface area contributed by atoms with Gasteiger partial charge in [0.25, 0.3) is 0 Å². The molecule has 0 saturated carbocycles. The Bertz CT molecular complexity index is 965. The number of aryl methyl sites for hydroxylation is 1. The molecule has 2 aromatic carbocycles. The third kappa shape index (κ3) is 5.08. The average molecular weight is 423 g/mol. The summed E-state index contributed by atoms with van der Waals surface area (Å²) >= 11 is 4.32. The molecule has 5 nitrogen and oxygen atoms in total. The maximum absolute atomic E-state index is 12.6. The van der Waals surface area contributed by atoms with Crippen molar-refractivity contribution in [2.24, 2.45) is 0 Å². The highest BCUT2D eigenvalue weighted by molar-refractivity contribution is 7.92. The van der Waals surface area contributed by atoms with E-state index in [1.807, 2.05) is 19.9 Å². The number of phenols is 1. The lowest BCUT2D eigenvalue weighted by Gasteiger charge is -2.15. The third-order valence-electron chi connectivity index (χ3n) is 4.47. The first-order valence-electron chi connectivity index (χ1n) is 9.19. The second-order valence-electron chi connectivity index (χ2n) is 6.69. The Morgan fingerprint density at radius 3 is 2.57 bits per heavy atom. The van der Waals surface area contributed by atoms with E-state index >= 15 is 0 Å². The van der Waals surface area contributed by atoms with Gasteiger partial charge in [0.05, 0.1) is 22.8 Å². The molecule has 2 aromatic rings. The van der Waals surface area contributed by atoms with E-state index in [1.54, 1.807) is 18.2 Å². The Balaban J connectivity index is 2.08. The van der Waals surface area contributed by atoms with Crippen LogP contribution in [0.5, 0.6) is 11.5 Å². The SMILES string of the molecule is CCCc1c(OCCCS(=O)(=O)c2cccc(C)c2S)ccc(C(C)=O)c1O. The van der Waals surface area contributed by atoms with Crippen LogP contribution in [0.1, 0.15) is 48.2 Å². The van der Waals surface area contributed by atoms with Gasteiger partial charge in [0.15, 0.2) is 15.6 Å². The Labute approximate surface area is 172 Å². The standard InChI is InChI=1S/C21H26O5S2/c1-4-7-17-18(11-10-16(15(3)22)20(17)23)26-12-6-13-28(24,25)19-9-5-8-14(2)21(19)27/h5,8-11,23,27H,4,6-7,12-13H2,1-3H3. The number of ketones is 1. The summed E-state index contributed by atoms with van der Waals surface area (Å²) in [4.78, 5) is 12.3. The molecule has 152 valence electrons. The lowest BCUT2D eigenvalue weighted by Crippen LogP contribution is -2.12. The quantitative estimate of drug-likeness (QED) is 0.356. The number of hydrogen-bond donors (Lipinski definition) is 2. The van der Waals surface area contributed by atoms with Gasteiger partial charge in [0, 0.05) is 10.5 Å². The molecule has 0 unspecified atom stereocenters. The maximum atomic E-state index is 12.6. The maximum Gasteiger partial charge on any atom is 0.179 e. The number of phenolic OH excluding ortho intramolecular Hbond substituents is 1. The van der Waals surface area contributed by atoms with Gasteiger partial charge in [0.2, 0.25) is 0 Å². The molecule has 0 atom stereocenters. The first kappa shape index (κ1) is 22.3. The van der Waals surface area contributed by atoms with Crippen molar-refractivity contribution in [2.75, 3.05) is 12.4 Å². The number of hydrogen-bond acceptors (Lipinski definition) is 6. The van der Waals surface area contributed by atoms with E-state index in [0.29, 0.717) is 29.1 Å². The Kier molecular flexibility index (Phi) is 7.55. The van der Waals surface area contributed by atoms with Gasteiger partial charge in [-0.3, -0.25) is 4.79 Å². The lowest BCUT2D eigenvalue weighted by atomic mass is 10.0. The number of Topliss-reactive ketones (excluding diaryl/α,β-unsaturated/α-hetero) is 1. The van der Waals surface area contributed by atoms with Crippen LogP contribution in [0.4, 0.5) is 0 Å².